The highest BCUT2D eigenvalue weighted by Gasteiger charge is 2.19. The van der Waals surface area contributed by atoms with Crippen LogP contribution in [0.15, 0.2) is 66.5 Å². The maximum Gasteiger partial charge on any atom is 0.158 e. The molecule has 0 atom stereocenters. The molecule has 1 saturated carbocycles. The van der Waals surface area contributed by atoms with E-state index in [9.17, 15) is 9.90 Å². The highest BCUT2D eigenvalue weighted by atomic mass is 16.3. The Morgan fingerprint density at radius 3 is 2.59 bits per heavy atom. The molecule has 1 aliphatic carbocycles. The first-order chi connectivity index (χ1) is 13.2. The molecule has 1 N–H and O–H groups in total. The summed E-state index contributed by atoms with van der Waals surface area (Å²) in [5.74, 6) is 0.494. The van der Waals surface area contributed by atoms with Crippen LogP contribution in [0.1, 0.15) is 41.8 Å². The van der Waals surface area contributed by atoms with Gasteiger partial charge in [0.15, 0.2) is 5.78 Å². The van der Waals surface area contributed by atoms with Gasteiger partial charge in [-0.25, -0.2) is 4.98 Å². The van der Waals surface area contributed by atoms with E-state index in [1.807, 2.05) is 42.7 Å². The summed E-state index contributed by atoms with van der Waals surface area (Å²) in [6, 6.07) is 17.5. The van der Waals surface area contributed by atoms with Crippen LogP contribution in [-0.4, -0.2) is 20.4 Å². The van der Waals surface area contributed by atoms with E-state index >= 15 is 0 Å². The molecular weight excluding hydrogens is 336 g/mol. The van der Waals surface area contributed by atoms with Crippen LogP contribution in [-0.2, 0) is 17.8 Å². The van der Waals surface area contributed by atoms with Crippen molar-refractivity contribution in [3.63, 3.8) is 0 Å². The van der Waals surface area contributed by atoms with Crippen molar-refractivity contribution < 1.29 is 9.90 Å². The molecule has 4 heteroatoms. The lowest BCUT2D eigenvalue weighted by Crippen LogP contribution is -2.03. The molecule has 27 heavy (non-hydrogen) atoms. The van der Waals surface area contributed by atoms with Gasteiger partial charge in [-0.15, -0.1) is 0 Å². The van der Waals surface area contributed by atoms with Crippen molar-refractivity contribution in [2.75, 3.05) is 0 Å². The summed E-state index contributed by atoms with van der Waals surface area (Å²) < 4.78 is 2.06. The molecular formula is C23H22N2O2. The van der Waals surface area contributed by atoms with Gasteiger partial charge in [-0.1, -0.05) is 42.5 Å². The van der Waals surface area contributed by atoms with E-state index in [-0.39, 0.29) is 11.5 Å². The van der Waals surface area contributed by atoms with Gasteiger partial charge >= 0.3 is 0 Å². The van der Waals surface area contributed by atoms with Gasteiger partial charge in [0.2, 0.25) is 0 Å². The number of phenols is 1. The first-order valence-corrected chi connectivity index (χ1v) is 9.28. The number of hydrogen-bond acceptors (Lipinski definition) is 3. The molecule has 0 aliphatic heterocycles. The summed E-state index contributed by atoms with van der Waals surface area (Å²) in [7, 11) is 0. The second kappa shape index (κ2) is 7.62. The highest BCUT2D eigenvalue weighted by molar-refractivity contribution is 6.01. The van der Waals surface area contributed by atoms with Crippen LogP contribution in [0.3, 0.4) is 0 Å². The standard InChI is InChI=1S/C23H22N2O2/c26-20-10-4-8-18(12-20)15-25-16-24-21(13-17-6-2-1-3-7-17)22(25)14-19-9-5-11-23(19)27/h1-4,6-8,10,12,14,16,26H,5,9,11,13,15H2/b19-14+. The number of phenolic OH excluding ortho intramolecular Hbond substituents is 1. The fourth-order valence-corrected chi connectivity index (χ4v) is 3.56. The number of imidazole rings is 1. The smallest absolute Gasteiger partial charge is 0.158 e. The maximum absolute atomic E-state index is 12.2. The zero-order valence-corrected chi connectivity index (χ0v) is 15.1. The molecule has 0 saturated heterocycles. The van der Waals surface area contributed by atoms with Gasteiger partial charge < -0.3 is 9.67 Å². The Bertz CT molecular complexity index is 987. The normalized spacial score (nSPS) is 15.6. The first-order valence-electron chi connectivity index (χ1n) is 9.28. The van der Waals surface area contributed by atoms with Crippen LogP contribution in [0.4, 0.5) is 0 Å². The lowest BCUT2D eigenvalue weighted by Gasteiger charge is -2.09. The van der Waals surface area contributed by atoms with Crippen LogP contribution in [0.2, 0.25) is 0 Å². The van der Waals surface area contributed by atoms with Crippen molar-refractivity contribution in [2.45, 2.75) is 32.2 Å². The number of rotatable bonds is 5. The van der Waals surface area contributed by atoms with Crippen LogP contribution < -0.4 is 0 Å². The van der Waals surface area contributed by atoms with E-state index in [0.717, 1.165) is 41.8 Å². The number of aromatic hydroxyl groups is 1. The van der Waals surface area contributed by atoms with Crippen molar-refractivity contribution in [2.24, 2.45) is 0 Å². The van der Waals surface area contributed by atoms with E-state index in [4.69, 9.17) is 0 Å². The minimum absolute atomic E-state index is 0.241. The second-order valence-electron chi connectivity index (χ2n) is 6.98. The fraction of sp³-hybridized carbons (Fsp3) is 0.217. The maximum atomic E-state index is 12.2. The van der Waals surface area contributed by atoms with Crippen molar-refractivity contribution in [1.29, 1.82) is 0 Å². The molecule has 1 aliphatic rings. The number of carbonyl (C=O) groups is 1. The lowest BCUT2D eigenvalue weighted by atomic mass is 10.1. The molecule has 4 nitrogen and oxygen atoms in total. The van der Waals surface area contributed by atoms with Gasteiger partial charge in [-0.2, -0.15) is 0 Å². The number of benzene rings is 2. The third kappa shape index (κ3) is 4.00. The van der Waals surface area contributed by atoms with Crippen LogP contribution in [0, 0.1) is 0 Å². The van der Waals surface area contributed by atoms with E-state index in [2.05, 4.69) is 21.7 Å². The molecule has 1 fully saturated rings. The van der Waals surface area contributed by atoms with Gasteiger partial charge in [0.25, 0.3) is 0 Å². The number of nitrogens with zero attached hydrogens (tertiary/aromatic N) is 2. The molecule has 0 spiro atoms. The van der Waals surface area contributed by atoms with Crippen molar-refractivity contribution >= 4 is 11.9 Å². The topological polar surface area (TPSA) is 55.1 Å². The molecule has 0 amide bonds. The third-order valence-corrected chi connectivity index (χ3v) is 4.95. The molecule has 0 bridgehead atoms. The van der Waals surface area contributed by atoms with E-state index in [1.54, 1.807) is 12.1 Å². The number of ketones is 1. The molecule has 2 aromatic carbocycles. The molecule has 136 valence electrons. The zero-order valence-electron chi connectivity index (χ0n) is 15.1. The summed E-state index contributed by atoms with van der Waals surface area (Å²) in [6.07, 6.45) is 6.97. The summed E-state index contributed by atoms with van der Waals surface area (Å²) in [4.78, 5) is 16.8. The summed E-state index contributed by atoms with van der Waals surface area (Å²) in [6.45, 7) is 0.601. The minimum Gasteiger partial charge on any atom is -0.508 e. The van der Waals surface area contributed by atoms with Gasteiger partial charge in [-0.05, 0) is 47.8 Å². The van der Waals surface area contributed by atoms with Gasteiger partial charge in [0, 0.05) is 19.4 Å². The van der Waals surface area contributed by atoms with Crippen molar-refractivity contribution in [1.82, 2.24) is 9.55 Å². The number of carbonyl (C=O) groups excluding carboxylic acids is 1. The van der Waals surface area contributed by atoms with Gasteiger partial charge in [0.1, 0.15) is 5.75 Å². The van der Waals surface area contributed by atoms with Crippen LogP contribution >= 0.6 is 0 Å². The average Bonchev–Trinajstić information content (AvgIpc) is 3.24. The molecule has 1 aromatic heterocycles. The Kier molecular flexibility index (Phi) is 4.88. The average molecular weight is 358 g/mol. The second-order valence-corrected chi connectivity index (χ2v) is 6.98. The number of Topliss-reactive ketones (excluding diaryl/α,β-unsaturated/α-hetero) is 1. The number of allylic oxidation sites excluding steroid dienone is 1. The van der Waals surface area contributed by atoms with Gasteiger partial charge in [-0.3, -0.25) is 4.79 Å². The van der Waals surface area contributed by atoms with Crippen molar-refractivity contribution in [3.8, 4) is 5.75 Å². The summed E-state index contributed by atoms with van der Waals surface area (Å²) in [5.41, 5.74) is 5.02. The largest absolute Gasteiger partial charge is 0.508 e. The summed E-state index contributed by atoms with van der Waals surface area (Å²) >= 11 is 0. The Morgan fingerprint density at radius 1 is 1.04 bits per heavy atom. The molecule has 0 radical (unpaired) electrons. The lowest BCUT2D eigenvalue weighted by molar-refractivity contribution is -0.114. The molecule has 0 unspecified atom stereocenters. The first kappa shape index (κ1) is 17.3. The quantitative estimate of drug-likeness (QED) is 0.689. The monoisotopic (exact) mass is 358 g/mol. The number of hydrogen-bond donors (Lipinski definition) is 1. The highest BCUT2D eigenvalue weighted by Crippen LogP contribution is 2.25. The Hall–Kier alpha value is -3.14. The number of aromatic nitrogens is 2. The minimum atomic E-state index is 0.241. The Balaban J connectivity index is 1.71. The van der Waals surface area contributed by atoms with Crippen molar-refractivity contribution in [3.05, 3.63) is 89.0 Å². The summed E-state index contributed by atoms with van der Waals surface area (Å²) in [5, 5.41) is 9.74. The molecule has 3 aromatic rings. The SMILES string of the molecule is O=C1CCC/C1=C\c1c(Cc2ccccc2)ncn1Cc1cccc(O)c1. The molecule has 4 rings (SSSR count). The predicted molar refractivity (Wildman–Crippen MR) is 106 cm³/mol. The van der Waals surface area contributed by atoms with Crippen LogP contribution in [0.25, 0.3) is 6.08 Å². The van der Waals surface area contributed by atoms with Gasteiger partial charge in [0.05, 0.1) is 17.7 Å². The van der Waals surface area contributed by atoms with E-state index in [0.29, 0.717) is 13.0 Å². The zero-order chi connectivity index (χ0) is 18.6. The van der Waals surface area contributed by atoms with E-state index in [1.165, 1.54) is 5.56 Å². The third-order valence-electron chi connectivity index (χ3n) is 4.95. The Morgan fingerprint density at radius 2 is 1.85 bits per heavy atom. The van der Waals surface area contributed by atoms with E-state index < -0.39 is 0 Å². The molecule has 1 heterocycles. The Labute approximate surface area is 158 Å². The fourth-order valence-electron chi connectivity index (χ4n) is 3.56. The van der Waals surface area contributed by atoms with Crippen LogP contribution in [0.5, 0.6) is 5.75 Å². The predicted octanol–water partition coefficient (Wildman–Crippen LogP) is 4.36.